The first-order chi connectivity index (χ1) is 10.2. The zero-order chi connectivity index (χ0) is 15.1. The lowest BCUT2D eigenvalue weighted by molar-refractivity contribution is 0.299. The van der Waals surface area contributed by atoms with Crippen molar-refractivity contribution in [3.8, 4) is 5.75 Å². The SMILES string of the molecule is NC(N)=N/N=C/c1ccccc1OCc1ccccc1F. The molecule has 0 bridgehead atoms. The number of halogens is 1. The van der Waals surface area contributed by atoms with Crippen molar-refractivity contribution in [2.45, 2.75) is 6.61 Å². The molecule has 6 heteroatoms. The molecule has 0 heterocycles. The summed E-state index contributed by atoms with van der Waals surface area (Å²) in [5.74, 6) is 0.135. The summed E-state index contributed by atoms with van der Waals surface area (Å²) in [5.41, 5.74) is 11.5. The van der Waals surface area contributed by atoms with Crippen LogP contribution < -0.4 is 16.2 Å². The third-order valence-corrected chi connectivity index (χ3v) is 2.63. The number of hydrogen-bond acceptors (Lipinski definition) is 3. The van der Waals surface area contributed by atoms with Gasteiger partial charge in [0.1, 0.15) is 18.2 Å². The fraction of sp³-hybridized carbons (Fsp3) is 0.0667. The molecule has 0 atom stereocenters. The molecule has 2 aromatic carbocycles. The predicted octanol–water partition coefficient (Wildman–Crippen LogP) is 2.01. The Bertz CT molecular complexity index is 666. The first-order valence-electron chi connectivity index (χ1n) is 6.24. The second kappa shape index (κ2) is 7.04. The molecule has 2 aromatic rings. The number of rotatable bonds is 5. The van der Waals surface area contributed by atoms with Crippen LogP contribution in [0, 0.1) is 5.82 Å². The number of hydrogen-bond donors (Lipinski definition) is 2. The second-order valence-electron chi connectivity index (χ2n) is 4.19. The predicted molar refractivity (Wildman–Crippen MR) is 80.6 cm³/mol. The molecule has 0 aliphatic heterocycles. The molecule has 2 rings (SSSR count). The van der Waals surface area contributed by atoms with E-state index in [9.17, 15) is 4.39 Å². The Morgan fingerprint density at radius 2 is 1.81 bits per heavy atom. The van der Waals surface area contributed by atoms with Gasteiger partial charge in [-0.1, -0.05) is 30.3 Å². The van der Waals surface area contributed by atoms with Crippen molar-refractivity contribution in [3.63, 3.8) is 0 Å². The van der Waals surface area contributed by atoms with Crippen LogP contribution in [-0.2, 0) is 6.61 Å². The van der Waals surface area contributed by atoms with Crippen molar-refractivity contribution in [2.24, 2.45) is 21.7 Å². The van der Waals surface area contributed by atoms with Crippen molar-refractivity contribution in [2.75, 3.05) is 0 Å². The molecule has 0 saturated heterocycles. The molecule has 0 radical (unpaired) electrons. The van der Waals surface area contributed by atoms with Crippen LogP contribution in [0.15, 0.2) is 58.7 Å². The average molecular weight is 286 g/mol. The first kappa shape index (κ1) is 14.5. The van der Waals surface area contributed by atoms with E-state index in [4.69, 9.17) is 16.2 Å². The van der Waals surface area contributed by atoms with E-state index in [1.54, 1.807) is 30.3 Å². The van der Waals surface area contributed by atoms with Gasteiger partial charge in [-0.15, -0.1) is 5.10 Å². The zero-order valence-corrected chi connectivity index (χ0v) is 11.2. The second-order valence-corrected chi connectivity index (χ2v) is 4.19. The number of nitrogens with zero attached hydrogens (tertiary/aromatic N) is 2. The summed E-state index contributed by atoms with van der Waals surface area (Å²) in [5, 5.41) is 7.25. The number of ether oxygens (including phenoxy) is 1. The van der Waals surface area contributed by atoms with Crippen LogP contribution in [0.25, 0.3) is 0 Å². The van der Waals surface area contributed by atoms with E-state index in [2.05, 4.69) is 10.2 Å². The monoisotopic (exact) mass is 286 g/mol. The molecule has 0 unspecified atom stereocenters. The molecular formula is C15H15FN4O. The van der Waals surface area contributed by atoms with Crippen LogP contribution in [0.1, 0.15) is 11.1 Å². The fourth-order valence-electron chi connectivity index (χ4n) is 1.65. The van der Waals surface area contributed by atoms with Gasteiger partial charge in [0.2, 0.25) is 5.96 Å². The van der Waals surface area contributed by atoms with Crippen LogP contribution in [0.2, 0.25) is 0 Å². The summed E-state index contributed by atoms with van der Waals surface area (Å²) < 4.78 is 19.2. The van der Waals surface area contributed by atoms with Crippen LogP contribution in [0.3, 0.4) is 0 Å². The van der Waals surface area contributed by atoms with Crippen LogP contribution in [0.5, 0.6) is 5.75 Å². The van der Waals surface area contributed by atoms with Gasteiger partial charge in [-0.2, -0.15) is 5.10 Å². The molecule has 4 N–H and O–H groups in total. The maximum absolute atomic E-state index is 13.5. The maximum atomic E-state index is 13.5. The Hall–Kier alpha value is -2.89. The average Bonchev–Trinajstić information content (AvgIpc) is 2.47. The number of para-hydroxylation sites is 1. The maximum Gasteiger partial charge on any atom is 0.211 e. The molecule has 0 spiro atoms. The molecule has 5 nitrogen and oxygen atoms in total. The number of nitrogens with two attached hydrogens (primary N) is 2. The number of benzene rings is 2. The highest BCUT2D eigenvalue weighted by molar-refractivity contribution is 5.84. The van der Waals surface area contributed by atoms with Crippen molar-refractivity contribution < 1.29 is 9.13 Å². The van der Waals surface area contributed by atoms with Gasteiger partial charge in [0.05, 0.1) is 6.21 Å². The van der Waals surface area contributed by atoms with Gasteiger partial charge < -0.3 is 16.2 Å². The Morgan fingerprint density at radius 1 is 1.10 bits per heavy atom. The van der Waals surface area contributed by atoms with Crippen molar-refractivity contribution in [1.82, 2.24) is 0 Å². The van der Waals surface area contributed by atoms with Gasteiger partial charge >= 0.3 is 0 Å². The van der Waals surface area contributed by atoms with E-state index in [1.165, 1.54) is 12.3 Å². The molecule has 108 valence electrons. The quantitative estimate of drug-likeness (QED) is 0.501. The third-order valence-electron chi connectivity index (χ3n) is 2.63. The minimum atomic E-state index is -0.302. The van der Waals surface area contributed by atoms with Gasteiger partial charge in [-0.25, -0.2) is 4.39 Å². The number of guanidine groups is 1. The van der Waals surface area contributed by atoms with E-state index in [-0.39, 0.29) is 18.4 Å². The smallest absolute Gasteiger partial charge is 0.211 e. The van der Waals surface area contributed by atoms with E-state index in [0.29, 0.717) is 16.9 Å². The van der Waals surface area contributed by atoms with Gasteiger partial charge in [0, 0.05) is 11.1 Å². The summed E-state index contributed by atoms with van der Waals surface area (Å²) in [6.45, 7) is 0.125. The minimum Gasteiger partial charge on any atom is -0.488 e. The summed E-state index contributed by atoms with van der Waals surface area (Å²) in [6, 6.07) is 13.7. The lowest BCUT2D eigenvalue weighted by atomic mass is 10.2. The molecule has 0 amide bonds. The minimum absolute atomic E-state index is 0.125. The van der Waals surface area contributed by atoms with Gasteiger partial charge in [-0.3, -0.25) is 0 Å². The van der Waals surface area contributed by atoms with Crippen LogP contribution in [0.4, 0.5) is 4.39 Å². The van der Waals surface area contributed by atoms with Crippen molar-refractivity contribution in [3.05, 3.63) is 65.5 Å². The Balaban J connectivity index is 2.12. The molecular weight excluding hydrogens is 271 g/mol. The molecule has 0 fully saturated rings. The van der Waals surface area contributed by atoms with Gasteiger partial charge in [-0.05, 0) is 18.2 Å². The zero-order valence-electron chi connectivity index (χ0n) is 11.2. The topological polar surface area (TPSA) is 86.0 Å². The van der Waals surface area contributed by atoms with E-state index in [1.807, 2.05) is 12.1 Å². The fourth-order valence-corrected chi connectivity index (χ4v) is 1.65. The Kier molecular flexibility index (Phi) is 4.87. The van der Waals surface area contributed by atoms with Crippen LogP contribution >= 0.6 is 0 Å². The summed E-state index contributed by atoms with van der Waals surface area (Å²) in [4.78, 5) is 0. The first-order valence-corrected chi connectivity index (χ1v) is 6.24. The highest BCUT2D eigenvalue weighted by Crippen LogP contribution is 2.18. The van der Waals surface area contributed by atoms with Gasteiger partial charge in [0.15, 0.2) is 0 Å². The summed E-state index contributed by atoms with van der Waals surface area (Å²) in [6.07, 6.45) is 1.47. The molecule has 21 heavy (non-hydrogen) atoms. The van der Waals surface area contributed by atoms with E-state index >= 15 is 0 Å². The normalized spacial score (nSPS) is 10.5. The van der Waals surface area contributed by atoms with Crippen LogP contribution in [-0.4, -0.2) is 12.2 Å². The molecule has 0 aromatic heterocycles. The standard InChI is InChI=1S/C15H15FN4O/c16-13-7-3-1-6-12(13)10-21-14-8-4-2-5-11(14)9-19-20-15(17)18/h1-9H,10H2,(H4,17,18,20)/b19-9+. The largest absolute Gasteiger partial charge is 0.488 e. The third kappa shape index (κ3) is 4.31. The van der Waals surface area contributed by atoms with Crippen molar-refractivity contribution in [1.29, 1.82) is 0 Å². The Morgan fingerprint density at radius 3 is 2.57 bits per heavy atom. The van der Waals surface area contributed by atoms with Crippen molar-refractivity contribution >= 4 is 12.2 Å². The lowest BCUT2D eigenvalue weighted by Gasteiger charge is -2.09. The molecule has 0 aliphatic rings. The highest BCUT2D eigenvalue weighted by atomic mass is 19.1. The summed E-state index contributed by atoms with van der Waals surface area (Å²) in [7, 11) is 0. The van der Waals surface area contributed by atoms with E-state index in [0.717, 1.165) is 0 Å². The Labute approximate surface area is 121 Å². The van der Waals surface area contributed by atoms with E-state index < -0.39 is 0 Å². The molecule has 0 aliphatic carbocycles. The highest BCUT2D eigenvalue weighted by Gasteiger charge is 2.04. The summed E-state index contributed by atoms with van der Waals surface area (Å²) >= 11 is 0. The lowest BCUT2D eigenvalue weighted by Crippen LogP contribution is -2.21. The van der Waals surface area contributed by atoms with Gasteiger partial charge in [0.25, 0.3) is 0 Å². The molecule has 0 saturated carbocycles.